The van der Waals surface area contributed by atoms with Crippen LogP contribution >= 0.6 is 0 Å². The van der Waals surface area contributed by atoms with Gasteiger partial charge in [0.25, 0.3) is 5.69 Å². The molecule has 1 aliphatic rings. The first-order valence-corrected chi connectivity index (χ1v) is 10.6. The molecule has 0 spiro atoms. The number of amides is 1. The van der Waals surface area contributed by atoms with E-state index in [1.54, 1.807) is 18.2 Å². The van der Waals surface area contributed by atoms with Gasteiger partial charge in [-0.15, -0.1) is 0 Å². The van der Waals surface area contributed by atoms with Gasteiger partial charge in [0, 0.05) is 31.3 Å². The van der Waals surface area contributed by atoms with E-state index < -0.39 is 20.9 Å². The second-order valence-corrected chi connectivity index (χ2v) is 8.54. The summed E-state index contributed by atoms with van der Waals surface area (Å²) in [6.45, 7) is 0.954. The zero-order chi connectivity index (χ0) is 20.9. The zero-order valence-corrected chi connectivity index (χ0v) is 16.5. The Morgan fingerprint density at radius 2 is 1.69 bits per heavy atom. The summed E-state index contributed by atoms with van der Waals surface area (Å²) in [5.74, 6) is -0.496. The average molecular weight is 415 g/mol. The Morgan fingerprint density at radius 1 is 1.03 bits per heavy atom. The number of nitro groups is 1. The van der Waals surface area contributed by atoms with Gasteiger partial charge in [0.15, 0.2) is 0 Å². The highest BCUT2D eigenvalue weighted by Crippen LogP contribution is 2.26. The van der Waals surface area contributed by atoms with Crippen LogP contribution in [0.2, 0.25) is 0 Å². The van der Waals surface area contributed by atoms with Crippen molar-refractivity contribution in [3.63, 3.8) is 0 Å². The van der Waals surface area contributed by atoms with Crippen LogP contribution in [0.4, 0.5) is 11.4 Å². The summed E-state index contributed by atoms with van der Waals surface area (Å²) < 4.78 is 27.4. The Labute approximate surface area is 169 Å². The quantitative estimate of drug-likeness (QED) is 0.442. The van der Waals surface area contributed by atoms with Crippen LogP contribution in [0.15, 0.2) is 59.5 Å². The minimum atomic E-state index is -3.69. The van der Waals surface area contributed by atoms with E-state index in [0.717, 1.165) is 19.3 Å². The van der Waals surface area contributed by atoms with Gasteiger partial charge < -0.3 is 5.32 Å². The molecular formula is C20H21N3O5S. The van der Waals surface area contributed by atoms with Crippen molar-refractivity contribution in [1.82, 2.24) is 4.31 Å². The van der Waals surface area contributed by atoms with Crippen molar-refractivity contribution in [2.45, 2.75) is 24.2 Å². The van der Waals surface area contributed by atoms with Crippen molar-refractivity contribution in [2.75, 3.05) is 18.4 Å². The van der Waals surface area contributed by atoms with Gasteiger partial charge >= 0.3 is 0 Å². The number of nitro benzene ring substituents is 1. The molecule has 1 aliphatic heterocycles. The van der Waals surface area contributed by atoms with E-state index in [1.165, 1.54) is 46.8 Å². The van der Waals surface area contributed by atoms with Crippen LogP contribution in [0.5, 0.6) is 0 Å². The highest BCUT2D eigenvalue weighted by atomic mass is 32.2. The molecule has 2 aromatic carbocycles. The maximum atomic E-state index is 13.0. The monoisotopic (exact) mass is 415 g/mol. The molecule has 29 heavy (non-hydrogen) atoms. The van der Waals surface area contributed by atoms with Crippen molar-refractivity contribution in [3.8, 4) is 0 Å². The summed E-state index contributed by atoms with van der Waals surface area (Å²) in [7, 11) is -3.69. The van der Waals surface area contributed by atoms with Crippen LogP contribution in [0.3, 0.4) is 0 Å². The van der Waals surface area contributed by atoms with Crippen molar-refractivity contribution < 1.29 is 18.1 Å². The predicted octanol–water partition coefficient (Wildman–Crippen LogP) is 3.42. The molecule has 0 unspecified atom stereocenters. The van der Waals surface area contributed by atoms with Crippen molar-refractivity contribution in [3.05, 3.63) is 70.3 Å². The smallest absolute Gasteiger partial charge is 0.269 e. The van der Waals surface area contributed by atoms with Gasteiger partial charge in [0.2, 0.25) is 15.9 Å². The molecule has 0 atom stereocenters. The number of hydrogen-bond acceptors (Lipinski definition) is 5. The second-order valence-electron chi connectivity index (χ2n) is 6.63. The van der Waals surface area contributed by atoms with Gasteiger partial charge in [-0.2, -0.15) is 4.31 Å². The Kier molecular flexibility index (Phi) is 6.40. The van der Waals surface area contributed by atoms with Crippen molar-refractivity contribution in [1.29, 1.82) is 0 Å². The predicted molar refractivity (Wildman–Crippen MR) is 110 cm³/mol. The summed E-state index contributed by atoms with van der Waals surface area (Å²) in [6.07, 6.45) is 5.42. The lowest BCUT2D eigenvalue weighted by Crippen LogP contribution is -2.36. The van der Waals surface area contributed by atoms with E-state index in [2.05, 4.69) is 5.32 Å². The molecule has 0 aromatic heterocycles. The molecule has 9 heteroatoms. The molecule has 0 saturated carbocycles. The number of para-hydroxylation sites is 1. The zero-order valence-electron chi connectivity index (χ0n) is 15.7. The fourth-order valence-electron chi connectivity index (χ4n) is 3.09. The molecule has 3 rings (SSSR count). The van der Waals surface area contributed by atoms with Crippen LogP contribution in [0.1, 0.15) is 24.8 Å². The Morgan fingerprint density at radius 3 is 2.34 bits per heavy atom. The third kappa shape index (κ3) is 5.07. The third-order valence-electron chi connectivity index (χ3n) is 4.61. The highest BCUT2D eigenvalue weighted by molar-refractivity contribution is 7.89. The molecule has 2 aromatic rings. The number of nitrogens with one attached hydrogen (secondary N) is 1. The molecule has 152 valence electrons. The summed E-state index contributed by atoms with van der Waals surface area (Å²) in [5, 5.41) is 13.3. The lowest BCUT2D eigenvalue weighted by molar-refractivity contribution is -0.384. The van der Waals surface area contributed by atoms with Crippen molar-refractivity contribution in [2.24, 2.45) is 0 Å². The SMILES string of the molecule is O=C(/C=C/c1ccc([N+](=O)[O-])cc1)Nc1ccccc1S(=O)(=O)N1CCCCC1. The summed E-state index contributed by atoms with van der Waals surface area (Å²) in [6, 6.07) is 12.1. The van der Waals surface area contributed by atoms with Crippen LogP contribution in [0, 0.1) is 10.1 Å². The van der Waals surface area contributed by atoms with Gasteiger partial charge in [0.1, 0.15) is 4.90 Å². The summed E-state index contributed by atoms with van der Waals surface area (Å²) in [5.41, 5.74) is 0.792. The summed E-state index contributed by atoms with van der Waals surface area (Å²) >= 11 is 0. The number of piperidine rings is 1. The van der Waals surface area contributed by atoms with E-state index in [9.17, 15) is 23.3 Å². The first kappa shape index (κ1) is 20.7. The van der Waals surface area contributed by atoms with E-state index in [1.807, 2.05) is 0 Å². The molecule has 1 fully saturated rings. The Hall–Kier alpha value is -3.04. The topological polar surface area (TPSA) is 110 Å². The first-order chi connectivity index (χ1) is 13.9. The first-order valence-electron chi connectivity index (χ1n) is 9.20. The maximum Gasteiger partial charge on any atom is 0.269 e. The largest absolute Gasteiger partial charge is 0.321 e. The normalized spacial score (nSPS) is 15.3. The van der Waals surface area contributed by atoms with Crippen LogP contribution in [-0.2, 0) is 14.8 Å². The van der Waals surface area contributed by atoms with Gasteiger partial charge in [-0.05, 0) is 48.7 Å². The number of non-ortho nitro benzene ring substituents is 1. The van der Waals surface area contributed by atoms with Crippen LogP contribution in [0.25, 0.3) is 6.08 Å². The van der Waals surface area contributed by atoms with Crippen LogP contribution in [-0.4, -0.2) is 36.6 Å². The molecule has 0 aliphatic carbocycles. The van der Waals surface area contributed by atoms with Gasteiger partial charge in [0.05, 0.1) is 10.6 Å². The molecule has 1 saturated heterocycles. The second kappa shape index (κ2) is 8.97. The lowest BCUT2D eigenvalue weighted by Gasteiger charge is -2.26. The number of benzene rings is 2. The fraction of sp³-hybridized carbons (Fsp3) is 0.250. The van der Waals surface area contributed by atoms with E-state index in [0.29, 0.717) is 18.7 Å². The molecule has 0 bridgehead atoms. The fourth-order valence-corrected chi connectivity index (χ4v) is 4.76. The molecule has 1 N–H and O–H groups in total. The number of hydrogen-bond donors (Lipinski definition) is 1. The Bertz CT molecular complexity index is 1030. The molecule has 1 amide bonds. The van der Waals surface area contributed by atoms with Crippen molar-refractivity contribution >= 4 is 33.4 Å². The average Bonchev–Trinajstić information content (AvgIpc) is 2.73. The van der Waals surface area contributed by atoms with Gasteiger partial charge in [-0.3, -0.25) is 14.9 Å². The number of carbonyl (C=O) groups excluding carboxylic acids is 1. The molecule has 0 radical (unpaired) electrons. The summed E-state index contributed by atoms with van der Waals surface area (Å²) in [4.78, 5) is 22.5. The van der Waals surface area contributed by atoms with E-state index >= 15 is 0 Å². The number of anilines is 1. The van der Waals surface area contributed by atoms with Crippen LogP contribution < -0.4 is 5.32 Å². The number of nitrogens with zero attached hydrogens (tertiary/aromatic N) is 2. The molecular weight excluding hydrogens is 394 g/mol. The standard InChI is InChI=1S/C20H21N3O5S/c24-20(13-10-16-8-11-17(12-9-16)23(25)26)21-18-6-2-3-7-19(18)29(27,28)22-14-4-1-5-15-22/h2-3,6-13H,1,4-5,14-15H2,(H,21,24)/b13-10+. The lowest BCUT2D eigenvalue weighted by atomic mass is 10.2. The van der Waals surface area contributed by atoms with E-state index in [4.69, 9.17) is 0 Å². The minimum absolute atomic E-state index is 0.0385. The third-order valence-corrected chi connectivity index (χ3v) is 6.57. The van der Waals surface area contributed by atoms with Gasteiger partial charge in [-0.1, -0.05) is 18.6 Å². The number of sulfonamides is 1. The molecule has 1 heterocycles. The number of rotatable bonds is 6. The minimum Gasteiger partial charge on any atom is -0.321 e. The number of carbonyl (C=O) groups is 1. The molecule has 8 nitrogen and oxygen atoms in total. The Balaban J connectivity index is 1.75. The van der Waals surface area contributed by atoms with E-state index in [-0.39, 0.29) is 16.3 Å². The van der Waals surface area contributed by atoms with Gasteiger partial charge in [-0.25, -0.2) is 8.42 Å². The maximum absolute atomic E-state index is 13.0. The highest BCUT2D eigenvalue weighted by Gasteiger charge is 2.28.